The predicted octanol–water partition coefficient (Wildman–Crippen LogP) is 2.11. The Balaban J connectivity index is 2.24. The first-order chi connectivity index (χ1) is 11.7. The Kier molecular flexibility index (Phi) is 7.97. The number of hydrogen-bond donors (Lipinski definition) is 4. The fourth-order valence-electron chi connectivity index (χ4n) is 1.87. The number of rotatable bonds is 6. The van der Waals surface area contributed by atoms with Gasteiger partial charge in [-0.15, -0.1) is 0 Å². The van der Waals surface area contributed by atoms with E-state index in [1.807, 2.05) is 20.8 Å². The number of carbonyl (C=O) groups excluding carboxylic acids is 1. The molecule has 0 aliphatic carbocycles. The molecule has 0 saturated carbocycles. The number of halogens is 1. The monoisotopic (exact) mass is 354 g/mol. The van der Waals surface area contributed by atoms with E-state index in [2.05, 4.69) is 20.9 Å². The van der Waals surface area contributed by atoms with E-state index in [1.165, 1.54) is 12.1 Å². The summed E-state index contributed by atoms with van der Waals surface area (Å²) in [5, 5.41) is 18.0. The van der Waals surface area contributed by atoms with Gasteiger partial charge in [0.1, 0.15) is 5.60 Å². The molecule has 0 aliphatic heterocycles. The Morgan fingerprint density at radius 2 is 1.92 bits per heavy atom. The van der Waals surface area contributed by atoms with E-state index in [4.69, 9.17) is 9.84 Å². The highest BCUT2D eigenvalue weighted by atomic mass is 19.1. The zero-order chi connectivity index (χ0) is 18.9. The summed E-state index contributed by atoms with van der Waals surface area (Å²) in [6.45, 7) is 6.87. The highest BCUT2D eigenvalue weighted by Crippen LogP contribution is 2.15. The SMILES string of the molecule is CN=C(NCCCNC(=O)OC(C)(C)C)NCc1ccc(O)c(F)c1. The highest BCUT2D eigenvalue weighted by Gasteiger charge is 2.15. The zero-order valence-electron chi connectivity index (χ0n) is 15.1. The maximum absolute atomic E-state index is 13.3. The number of nitrogens with one attached hydrogen (secondary N) is 3. The molecule has 0 saturated heterocycles. The Labute approximate surface area is 147 Å². The van der Waals surface area contributed by atoms with E-state index in [9.17, 15) is 9.18 Å². The maximum atomic E-state index is 13.3. The molecule has 1 rings (SSSR count). The molecule has 4 N–H and O–H groups in total. The second kappa shape index (κ2) is 9.71. The Hall–Kier alpha value is -2.51. The lowest BCUT2D eigenvalue weighted by Crippen LogP contribution is -2.39. The third-order valence-electron chi connectivity index (χ3n) is 3.01. The lowest BCUT2D eigenvalue weighted by molar-refractivity contribution is 0.0527. The minimum atomic E-state index is -0.657. The van der Waals surface area contributed by atoms with Crippen molar-refractivity contribution in [1.82, 2.24) is 16.0 Å². The van der Waals surface area contributed by atoms with Crippen LogP contribution in [0, 0.1) is 5.82 Å². The molecule has 1 aromatic rings. The average molecular weight is 354 g/mol. The molecule has 0 aliphatic rings. The maximum Gasteiger partial charge on any atom is 0.407 e. The number of nitrogens with zero attached hydrogens (tertiary/aromatic N) is 1. The number of amides is 1. The number of ether oxygens (including phenoxy) is 1. The molecule has 25 heavy (non-hydrogen) atoms. The summed E-state index contributed by atoms with van der Waals surface area (Å²) in [4.78, 5) is 15.5. The standard InChI is InChI=1S/C17H27FN4O3/c1-17(2,3)25-16(24)21-9-5-8-20-15(19-4)22-11-12-6-7-14(23)13(18)10-12/h6-7,10,23H,5,8-9,11H2,1-4H3,(H,21,24)(H2,19,20,22). The normalized spacial score (nSPS) is 11.8. The van der Waals surface area contributed by atoms with E-state index in [1.54, 1.807) is 13.1 Å². The van der Waals surface area contributed by atoms with Crippen LogP contribution in [0.2, 0.25) is 0 Å². The molecule has 0 atom stereocenters. The van der Waals surface area contributed by atoms with Crippen LogP contribution in [0.4, 0.5) is 9.18 Å². The molecule has 7 nitrogen and oxygen atoms in total. The van der Waals surface area contributed by atoms with Crippen molar-refractivity contribution < 1.29 is 19.0 Å². The molecular formula is C17H27FN4O3. The third-order valence-corrected chi connectivity index (χ3v) is 3.01. The number of hydrogen-bond acceptors (Lipinski definition) is 4. The van der Waals surface area contributed by atoms with Crippen molar-refractivity contribution >= 4 is 12.1 Å². The predicted molar refractivity (Wildman–Crippen MR) is 95.1 cm³/mol. The van der Waals surface area contributed by atoms with Gasteiger partial charge in [0, 0.05) is 26.7 Å². The lowest BCUT2D eigenvalue weighted by Gasteiger charge is -2.19. The third kappa shape index (κ3) is 8.78. The van der Waals surface area contributed by atoms with Gasteiger partial charge in [0.15, 0.2) is 17.5 Å². The fraction of sp³-hybridized carbons (Fsp3) is 0.529. The summed E-state index contributed by atoms with van der Waals surface area (Å²) in [6, 6.07) is 4.20. The summed E-state index contributed by atoms with van der Waals surface area (Å²) in [6.07, 6.45) is 0.248. The van der Waals surface area contributed by atoms with Crippen molar-refractivity contribution in [1.29, 1.82) is 0 Å². The van der Waals surface area contributed by atoms with E-state index in [0.29, 0.717) is 37.6 Å². The van der Waals surface area contributed by atoms with Gasteiger partial charge in [0.05, 0.1) is 0 Å². The van der Waals surface area contributed by atoms with Gasteiger partial charge in [0.25, 0.3) is 0 Å². The number of benzene rings is 1. The van der Waals surface area contributed by atoms with Crippen LogP contribution in [0.5, 0.6) is 5.75 Å². The molecule has 0 radical (unpaired) electrons. The quantitative estimate of drug-likeness (QED) is 0.357. The molecule has 140 valence electrons. The van der Waals surface area contributed by atoms with Crippen LogP contribution in [0.15, 0.2) is 23.2 Å². The summed E-state index contributed by atoms with van der Waals surface area (Å²) in [5.74, 6) is -0.468. The van der Waals surface area contributed by atoms with E-state index in [-0.39, 0.29) is 5.75 Å². The highest BCUT2D eigenvalue weighted by molar-refractivity contribution is 5.79. The van der Waals surface area contributed by atoms with Crippen LogP contribution in [0.1, 0.15) is 32.8 Å². The second-order valence-electron chi connectivity index (χ2n) is 6.42. The molecule has 1 amide bonds. The summed E-state index contributed by atoms with van der Waals surface area (Å²) in [7, 11) is 1.63. The molecule has 0 bridgehead atoms. The van der Waals surface area contributed by atoms with Crippen molar-refractivity contribution in [3.8, 4) is 5.75 Å². The number of phenolic OH excluding ortho intramolecular Hbond substituents is 1. The minimum Gasteiger partial charge on any atom is -0.505 e. The van der Waals surface area contributed by atoms with E-state index in [0.717, 1.165) is 0 Å². The lowest BCUT2D eigenvalue weighted by atomic mass is 10.2. The average Bonchev–Trinajstić information content (AvgIpc) is 2.51. The number of carbonyl (C=O) groups is 1. The fourth-order valence-corrected chi connectivity index (χ4v) is 1.87. The first kappa shape index (κ1) is 20.5. The molecule has 1 aromatic carbocycles. The van der Waals surface area contributed by atoms with Gasteiger partial charge in [-0.2, -0.15) is 0 Å². The summed E-state index contributed by atoms with van der Waals surface area (Å²) >= 11 is 0. The number of aliphatic imine (C=N–C) groups is 1. The van der Waals surface area contributed by atoms with Crippen LogP contribution in [0.3, 0.4) is 0 Å². The molecule has 0 aromatic heterocycles. The Morgan fingerprint density at radius 1 is 1.24 bits per heavy atom. The van der Waals surface area contributed by atoms with Crippen molar-refractivity contribution in [3.63, 3.8) is 0 Å². The van der Waals surface area contributed by atoms with E-state index >= 15 is 0 Å². The van der Waals surface area contributed by atoms with Crippen LogP contribution in [-0.2, 0) is 11.3 Å². The zero-order valence-corrected chi connectivity index (χ0v) is 15.1. The van der Waals surface area contributed by atoms with Gasteiger partial charge in [-0.1, -0.05) is 6.07 Å². The van der Waals surface area contributed by atoms with Gasteiger partial charge in [-0.25, -0.2) is 9.18 Å². The van der Waals surface area contributed by atoms with Crippen LogP contribution < -0.4 is 16.0 Å². The largest absolute Gasteiger partial charge is 0.505 e. The number of guanidine groups is 1. The molecule has 0 unspecified atom stereocenters. The summed E-state index contributed by atoms with van der Waals surface area (Å²) in [5.41, 5.74) is 0.173. The van der Waals surface area contributed by atoms with Crippen LogP contribution in [0.25, 0.3) is 0 Å². The molecular weight excluding hydrogens is 327 g/mol. The van der Waals surface area contributed by atoms with Crippen molar-refractivity contribution in [2.24, 2.45) is 4.99 Å². The topological polar surface area (TPSA) is 95.0 Å². The number of aromatic hydroxyl groups is 1. The molecule has 0 spiro atoms. The molecule has 0 heterocycles. The molecule has 0 fully saturated rings. The van der Waals surface area contributed by atoms with Crippen molar-refractivity contribution in [2.75, 3.05) is 20.1 Å². The first-order valence-corrected chi connectivity index (χ1v) is 8.10. The van der Waals surface area contributed by atoms with Crippen molar-refractivity contribution in [3.05, 3.63) is 29.6 Å². The summed E-state index contributed by atoms with van der Waals surface area (Å²) < 4.78 is 18.4. The minimum absolute atomic E-state index is 0.368. The van der Waals surface area contributed by atoms with Crippen molar-refractivity contribution in [2.45, 2.75) is 39.3 Å². The van der Waals surface area contributed by atoms with E-state index < -0.39 is 17.5 Å². The van der Waals surface area contributed by atoms with Gasteiger partial charge in [-0.3, -0.25) is 4.99 Å². The van der Waals surface area contributed by atoms with Gasteiger partial charge >= 0.3 is 6.09 Å². The first-order valence-electron chi connectivity index (χ1n) is 8.10. The van der Waals surface area contributed by atoms with Gasteiger partial charge < -0.3 is 25.8 Å². The number of alkyl carbamates (subject to hydrolysis) is 1. The Bertz CT molecular complexity index is 600. The van der Waals surface area contributed by atoms with Crippen LogP contribution in [-0.4, -0.2) is 42.9 Å². The smallest absolute Gasteiger partial charge is 0.407 e. The molecule has 8 heteroatoms. The Morgan fingerprint density at radius 3 is 2.52 bits per heavy atom. The van der Waals surface area contributed by atoms with Gasteiger partial charge in [0.2, 0.25) is 0 Å². The second-order valence-corrected chi connectivity index (χ2v) is 6.42. The van der Waals surface area contributed by atoms with Gasteiger partial charge in [-0.05, 0) is 44.9 Å². The number of phenols is 1. The van der Waals surface area contributed by atoms with Crippen LogP contribution >= 0.6 is 0 Å².